The van der Waals surface area contributed by atoms with E-state index >= 15 is 0 Å². The van der Waals surface area contributed by atoms with Crippen molar-refractivity contribution in [3.63, 3.8) is 0 Å². The number of nitrogens with two attached hydrogens (primary N) is 1. The maximum Gasteiger partial charge on any atom is 0.227 e. The van der Waals surface area contributed by atoms with Crippen molar-refractivity contribution < 1.29 is 9.21 Å². The number of carbonyl (C=O) groups is 1. The van der Waals surface area contributed by atoms with Crippen LogP contribution in [0.3, 0.4) is 0 Å². The molecular formula is C16H27N3O2. The molecule has 2 atom stereocenters. The van der Waals surface area contributed by atoms with Gasteiger partial charge in [-0.2, -0.15) is 0 Å². The van der Waals surface area contributed by atoms with E-state index in [9.17, 15) is 4.79 Å². The molecule has 0 saturated carbocycles. The molecule has 1 aromatic heterocycles. The van der Waals surface area contributed by atoms with Crippen molar-refractivity contribution in [2.75, 3.05) is 26.2 Å². The third-order valence-electron chi connectivity index (χ3n) is 4.69. The van der Waals surface area contributed by atoms with Crippen LogP contribution in [0.15, 0.2) is 22.8 Å². The Labute approximate surface area is 126 Å². The fourth-order valence-corrected chi connectivity index (χ4v) is 2.74. The van der Waals surface area contributed by atoms with Crippen LogP contribution in [0.5, 0.6) is 0 Å². The summed E-state index contributed by atoms with van der Waals surface area (Å²) in [6.07, 6.45) is 4.85. The zero-order chi connectivity index (χ0) is 15.3. The first-order valence-corrected chi connectivity index (χ1v) is 7.86. The molecule has 1 amide bonds. The number of rotatable bonds is 7. The van der Waals surface area contributed by atoms with Gasteiger partial charge in [-0.1, -0.05) is 6.92 Å². The van der Waals surface area contributed by atoms with Gasteiger partial charge in [-0.15, -0.1) is 0 Å². The molecule has 2 rings (SSSR count). The van der Waals surface area contributed by atoms with Gasteiger partial charge in [0.2, 0.25) is 5.91 Å². The molecule has 5 nitrogen and oxygen atoms in total. The van der Waals surface area contributed by atoms with Gasteiger partial charge in [0.1, 0.15) is 5.76 Å². The minimum absolute atomic E-state index is 0.0308. The quantitative estimate of drug-likeness (QED) is 0.805. The molecule has 2 heterocycles. The number of hydrogen-bond acceptors (Lipinski definition) is 4. The molecule has 3 N–H and O–H groups in total. The highest BCUT2D eigenvalue weighted by Gasteiger charge is 2.32. The maximum absolute atomic E-state index is 12.4. The standard InChI is InChI=1S/C16H27N3O2/c1-3-16(2,12-17)15(20)18-11-13(14-7-6-10-21-14)19-8-4-5-9-19/h6-7,10,13H,3-5,8-9,11-12,17H2,1-2H3,(H,18,20). The van der Waals surface area contributed by atoms with E-state index in [1.54, 1.807) is 6.26 Å². The molecule has 0 bridgehead atoms. The van der Waals surface area contributed by atoms with E-state index < -0.39 is 5.41 Å². The highest BCUT2D eigenvalue weighted by molar-refractivity contribution is 5.82. The molecule has 1 fully saturated rings. The summed E-state index contributed by atoms with van der Waals surface area (Å²) in [6, 6.07) is 4.00. The minimum Gasteiger partial charge on any atom is -0.468 e. The van der Waals surface area contributed by atoms with Crippen molar-refractivity contribution in [1.29, 1.82) is 0 Å². The molecule has 0 spiro atoms. The first-order valence-electron chi connectivity index (χ1n) is 7.86. The summed E-state index contributed by atoms with van der Waals surface area (Å²) in [5.41, 5.74) is 5.26. The van der Waals surface area contributed by atoms with Crippen LogP contribution >= 0.6 is 0 Å². The van der Waals surface area contributed by atoms with Crippen LogP contribution in [0, 0.1) is 5.41 Å². The Kier molecular flexibility index (Phi) is 5.42. The minimum atomic E-state index is -0.487. The van der Waals surface area contributed by atoms with Crippen LogP contribution in [0.25, 0.3) is 0 Å². The summed E-state index contributed by atoms with van der Waals surface area (Å²) < 4.78 is 5.56. The molecule has 0 radical (unpaired) electrons. The summed E-state index contributed by atoms with van der Waals surface area (Å²) in [5.74, 6) is 0.950. The Morgan fingerprint density at radius 2 is 2.24 bits per heavy atom. The van der Waals surface area contributed by atoms with Gasteiger partial charge in [0.25, 0.3) is 0 Å². The van der Waals surface area contributed by atoms with Gasteiger partial charge in [-0.05, 0) is 51.4 Å². The highest BCUT2D eigenvalue weighted by atomic mass is 16.3. The molecule has 21 heavy (non-hydrogen) atoms. The molecule has 1 aliphatic heterocycles. The van der Waals surface area contributed by atoms with Crippen molar-refractivity contribution in [1.82, 2.24) is 10.2 Å². The van der Waals surface area contributed by atoms with Crippen LogP contribution in [-0.2, 0) is 4.79 Å². The topological polar surface area (TPSA) is 71.5 Å². The van der Waals surface area contributed by atoms with Crippen molar-refractivity contribution in [2.24, 2.45) is 11.1 Å². The summed E-state index contributed by atoms with van der Waals surface area (Å²) in [5, 5.41) is 3.07. The Hall–Kier alpha value is -1.33. The third-order valence-corrected chi connectivity index (χ3v) is 4.69. The average Bonchev–Trinajstić information content (AvgIpc) is 3.20. The monoisotopic (exact) mass is 293 g/mol. The van der Waals surface area contributed by atoms with E-state index in [0.717, 1.165) is 25.3 Å². The second-order valence-corrected chi connectivity index (χ2v) is 6.10. The van der Waals surface area contributed by atoms with Gasteiger partial charge in [-0.3, -0.25) is 9.69 Å². The predicted octanol–water partition coefficient (Wildman–Crippen LogP) is 1.91. The smallest absolute Gasteiger partial charge is 0.227 e. The van der Waals surface area contributed by atoms with E-state index in [0.29, 0.717) is 13.1 Å². The lowest BCUT2D eigenvalue weighted by molar-refractivity contribution is -0.130. The van der Waals surface area contributed by atoms with E-state index in [1.165, 1.54) is 12.8 Å². The number of nitrogens with zero attached hydrogens (tertiary/aromatic N) is 1. The van der Waals surface area contributed by atoms with E-state index in [1.807, 2.05) is 26.0 Å². The summed E-state index contributed by atoms with van der Waals surface area (Å²) in [6.45, 7) is 6.97. The second-order valence-electron chi connectivity index (χ2n) is 6.10. The van der Waals surface area contributed by atoms with Crippen molar-refractivity contribution >= 4 is 5.91 Å². The number of likely N-dealkylation sites (tertiary alicyclic amines) is 1. The molecule has 1 saturated heterocycles. The van der Waals surface area contributed by atoms with E-state index in [-0.39, 0.29) is 11.9 Å². The molecular weight excluding hydrogens is 266 g/mol. The lowest BCUT2D eigenvalue weighted by Crippen LogP contribution is -2.46. The lowest BCUT2D eigenvalue weighted by Gasteiger charge is -2.29. The predicted molar refractivity (Wildman–Crippen MR) is 82.7 cm³/mol. The van der Waals surface area contributed by atoms with Gasteiger partial charge in [0, 0.05) is 13.1 Å². The number of hydrogen-bond donors (Lipinski definition) is 2. The lowest BCUT2D eigenvalue weighted by atomic mass is 9.86. The van der Waals surface area contributed by atoms with Gasteiger partial charge in [-0.25, -0.2) is 0 Å². The average molecular weight is 293 g/mol. The molecule has 2 unspecified atom stereocenters. The zero-order valence-electron chi connectivity index (χ0n) is 13.1. The van der Waals surface area contributed by atoms with Gasteiger partial charge >= 0.3 is 0 Å². The largest absolute Gasteiger partial charge is 0.468 e. The molecule has 118 valence electrons. The fraction of sp³-hybridized carbons (Fsp3) is 0.688. The van der Waals surface area contributed by atoms with Crippen LogP contribution in [0.2, 0.25) is 0 Å². The SMILES string of the molecule is CCC(C)(CN)C(=O)NCC(c1ccco1)N1CCCC1. The first-order chi connectivity index (χ1) is 10.1. The van der Waals surface area contributed by atoms with Crippen molar-refractivity contribution in [3.05, 3.63) is 24.2 Å². The summed E-state index contributed by atoms with van der Waals surface area (Å²) in [4.78, 5) is 14.8. The molecule has 5 heteroatoms. The number of nitrogens with one attached hydrogen (secondary N) is 1. The molecule has 0 aromatic carbocycles. The Morgan fingerprint density at radius 3 is 2.76 bits per heavy atom. The zero-order valence-corrected chi connectivity index (χ0v) is 13.1. The van der Waals surface area contributed by atoms with E-state index in [4.69, 9.17) is 10.2 Å². The normalized spacial score (nSPS) is 20.1. The molecule has 1 aliphatic rings. The summed E-state index contributed by atoms with van der Waals surface area (Å²) >= 11 is 0. The summed E-state index contributed by atoms with van der Waals surface area (Å²) in [7, 11) is 0. The molecule has 0 aliphatic carbocycles. The second kappa shape index (κ2) is 7.09. The first kappa shape index (κ1) is 16.0. The molecule has 1 aromatic rings. The fourth-order valence-electron chi connectivity index (χ4n) is 2.74. The number of furan rings is 1. The van der Waals surface area contributed by atoms with Gasteiger partial charge in [0.05, 0.1) is 17.7 Å². The third kappa shape index (κ3) is 3.66. The maximum atomic E-state index is 12.4. The highest BCUT2D eigenvalue weighted by Crippen LogP contribution is 2.26. The van der Waals surface area contributed by atoms with Crippen molar-refractivity contribution in [3.8, 4) is 0 Å². The Morgan fingerprint density at radius 1 is 1.52 bits per heavy atom. The van der Waals surface area contributed by atoms with Gasteiger partial charge < -0.3 is 15.5 Å². The van der Waals surface area contributed by atoms with E-state index in [2.05, 4.69) is 10.2 Å². The number of carbonyl (C=O) groups excluding carboxylic acids is 1. The Balaban J connectivity index is 2.01. The Bertz CT molecular complexity index is 434. The van der Waals surface area contributed by atoms with Crippen molar-refractivity contribution in [2.45, 2.75) is 39.2 Å². The van der Waals surface area contributed by atoms with Crippen LogP contribution in [-0.4, -0.2) is 37.0 Å². The number of amides is 1. The van der Waals surface area contributed by atoms with Crippen LogP contribution in [0.4, 0.5) is 0 Å². The van der Waals surface area contributed by atoms with Gasteiger partial charge in [0.15, 0.2) is 0 Å². The van der Waals surface area contributed by atoms with Crippen LogP contribution < -0.4 is 11.1 Å². The van der Waals surface area contributed by atoms with Crippen LogP contribution in [0.1, 0.15) is 44.9 Å².